The molecule has 0 bridgehead atoms. The summed E-state index contributed by atoms with van der Waals surface area (Å²) in [6, 6.07) is 13.4. The number of carbonyl (C=O) groups is 6. The van der Waals surface area contributed by atoms with Crippen LogP contribution < -0.4 is 10.6 Å². The number of aromatic nitrogens is 1. The number of non-ortho nitro benzene ring substituents is 1. The van der Waals surface area contributed by atoms with E-state index in [1.54, 1.807) is 43.0 Å². The van der Waals surface area contributed by atoms with E-state index in [1.807, 2.05) is 39.1 Å². The van der Waals surface area contributed by atoms with Gasteiger partial charge in [-0.05, 0) is 176 Å². The molecule has 4 saturated heterocycles. The fourth-order valence-corrected chi connectivity index (χ4v) is 17.1. The zero-order valence-corrected chi connectivity index (χ0v) is 52.0. The van der Waals surface area contributed by atoms with Crippen LogP contribution in [-0.4, -0.2) is 144 Å². The largest absolute Gasteiger partial charge is 0.455 e. The van der Waals surface area contributed by atoms with Gasteiger partial charge in [0.2, 0.25) is 23.4 Å². The molecular weight excluding hydrogens is 1190 g/mol. The molecule has 12 atom stereocenters. The van der Waals surface area contributed by atoms with Gasteiger partial charge < -0.3 is 29.8 Å². The van der Waals surface area contributed by atoms with Gasteiger partial charge in [0.1, 0.15) is 35.7 Å². The number of hydrogen-bond acceptors (Lipinski definition) is 14. The van der Waals surface area contributed by atoms with Crippen molar-refractivity contribution in [2.24, 2.45) is 51.9 Å². The summed E-state index contributed by atoms with van der Waals surface area (Å²) in [5.41, 5.74) is 3.76. The number of likely N-dealkylation sites (N-methyl/N-ethyl adjacent to an activating group) is 1. The van der Waals surface area contributed by atoms with Gasteiger partial charge in [0, 0.05) is 65.5 Å². The zero-order chi connectivity index (χ0) is 62.5. The van der Waals surface area contributed by atoms with Gasteiger partial charge in [-0.3, -0.25) is 53.9 Å². The predicted molar refractivity (Wildman–Crippen MR) is 329 cm³/mol. The van der Waals surface area contributed by atoms with Gasteiger partial charge in [-0.2, -0.15) is 5.10 Å². The monoisotopic (exact) mass is 1270 g/mol. The second kappa shape index (κ2) is 22.9. The number of aliphatic hydroxyl groups is 2. The van der Waals surface area contributed by atoms with Crippen LogP contribution in [0.2, 0.25) is 0 Å². The number of furan rings is 1. The number of H-pyrrole nitrogens is 1. The van der Waals surface area contributed by atoms with Crippen LogP contribution in [-0.2, 0) is 35.1 Å². The van der Waals surface area contributed by atoms with Crippen molar-refractivity contribution in [1.29, 1.82) is 0 Å². The van der Waals surface area contributed by atoms with Crippen molar-refractivity contribution in [3.05, 3.63) is 104 Å². The lowest BCUT2D eigenvalue weighted by Crippen LogP contribution is -2.71. The Morgan fingerprint density at radius 1 is 1.00 bits per heavy atom. The molecule has 2 aromatic heterocycles. The summed E-state index contributed by atoms with van der Waals surface area (Å²) in [7, 11) is 2.03. The van der Waals surface area contributed by atoms with Crippen LogP contribution in [0.25, 0.3) is 27.8 Å². The van der Waals surface area contributed by atoms with Gasteiger partial charge in [-0.25, -0.2) is 9.80 Å². The quantitative estimate of drug-likeness (QED) is 0.0347. The highest BCUT2D eigenvalue weighted by Gasteiger charge is 2.72. The van der Waals surface area contributed by atoms with Gasteiger partial charge in [-0.15, -0.1) is 6.42 Å². The molecule has 88 heavy (non-hydrogen) atoms. The number of nitrogens with zero attached hydrogens (tertiary/aromatic N) is 6. The number of carbonyl (C=O) groups excluding carboxylic acids is 6. The van der Waals surface area contributed by atoms with Gasteiger partial charge in [0.15, 0.2) is 5.78 Å². The number of fused-ring (bicyclic) bond motifs is 10. The number of hydrogen-bond donors (Lipinski definition) is 5. The highest BCUT2D eigenvalue weighted by Crippen LogP contribution is 2.65. The number of halogens is 1. The van der Waals surface area contributed by atoms with Crippen molar-refractivity contribution >= 4 is 79.8 Å². The average Bonchev–Trinajstić information content (AvgIpc) is 1.68. The summed E-state index contributed by atoms with van der Waals surface area (Å²) in [6.45, 7) is 10.7. The van der Waals surface area contributed by atoms with E-state index in [1.165, 1.54) is 46.2 Å². The molecular formula is C66H76BrN9O12. The van der Waals surface area contributed by atoms with Crippen LogP contribution >= 0.6 is 15.9 Å². The Labute approximate surface area is 519 Å². The van der Waals surface area contributed by atoms with Crippen LogP contribution in [0.15, 0.2) is 86.4 Å². The summed E-state index contributed by atoms with van der Waals surface area (Å²) in [4.78, 5) is 95.0. The Morgan fingerprint density at radius 3 is 2.48 bits per heavy atom. The topological polar surface area (TPSA) is 274 Å². The fourth-order valence-electron chi connectivity index (χ4n) is 16.6. The number of terminal acetylenes is 1. The molecule has 0 unspecified atom stereocenters. The van der Waals surface area contributed by atoms with E-state index in [-0.39, 0.29) is 41.4 Å². The maximum atomic E-state index is 14.4. The molecule has 7 heterocycles. The summed E-state index contributed by atoms with van der Waals surface area (Å²) in [5, 5.41) is 44.8. The number of ether oxygens (including phenoxy) is 1. The van der Waals surface area contributed by atoms with E-state index < -0.39 is 63.9 Å². The first-order chi connectivity index (χ1) is 41.9. The first-order valence-electron chi connectivity index (χ1n) is 30.9. The molecule has 10 aliphatic rings. The van der Waals surface area contributed by atoms with Crippen molar-refractivity contribution in [3.8, 4) is 23.7 Å². The molecule has 14 rings (SSSR count). The lowest BCUT2D eigenvalue weighted by Gasteiger charge is -2.54. The van der Waals surface area contributed by atoms with Gasteiger partial charge >= 0.3 is 6.03 Å². The molecule has 0 radical (unpaired) electrons. The molecule has 5 N–H and O–H groups in total. The number of benzene rings is 2. The minimum Gasteiger partial charge on any atom is -0.455 e. The SMILES string of the molecule is C#C[C@]1(O)CC[C@H]2[C@@H]3CCC4=CC(=O)CC[C@@H]4[C@H]3CC[C@@]21C.CC(C)C[C@H]1C(=O)N2CCC[C@H]2[C@]2(O)O[C@](NC(=O)[C@@H]3C=C4c5cccc6[nH]c(Br)c(c56)C[C@H]4N(C)C3)(C(C)C)C(=O)N12.O=C1CN(N=Cc2ccc(-c3ccc([N+](=O)[O-])cc3)o2)C(=O)N1. The number of nitro benzene ring substituents is 1. The van der Waals surface area contributed by atoms with E-state index in [9.17, 15) is 49.1 Å². The van der Waals surface area contributed by atoms with E-state index in [0.29, 0.717) is 72.5 Å². The number of piperazine rings is 1. The second-order valence-electron chi connectivity index (χ2n) is 26.6. The third-order valence-electron chi connectivity index (χ3n) is 21.0. The first-order valence-corrected chi connectivity index (χ1v) is 31.7. The number of imide groups is 1. The van der Waals surface area contributed by atoms with Crippen LogP contribution in [0, 0.1) is 69.3 Å². The number of nitrogens with one attached hydrogen (secondary N) is 3. The fraction of sp³-hybridized carbons (Fsp3) is 0.530. The molecule has 7 fully saturated rings. The lowest BCUT2D eigenvalue weighted by atomic mass is 9.50. The van der Waals surface area contributed by atoms with Crippen molar-refractivity contribution < 1.29 is 53.1 Å². The number of aromatic amines is 1. The number of ketones is 1. The van der Waals surface area contributed by atoms with Crippen LogP contribution in [0.4, 0.5) is 10.5 Å². The molecule has 5 aliphatic carbocycles. The number of allylic oxidation sites excluding steroid dienone is 1. The minimum atomic E-state index is -2.01. The average molecular weight is 1270 g/mol. The second-order valence-corrected chi connectivity index (χ2v) is 27.4. The van der Waals surface area contributed by atoms with E-state index in [0.717, 1.165) is 84.1 Å². The maximum absolute atomic E-state index is 14.4. The number of nitro groups is 1. The van der Waals surface area contributed by atoms with Crippen LogP contribution in [0.1, 0.15) is 122 Å². The van der Waals surface area contributed by atoms with Crippen molar-refractivity contribution in [2.75, 3.05) is 26.7 Å². The highest BCUT2D eigenvalue weighted by molar-refractivity contribution is 9.10. The lowest BCUT2D eigenvalue weighted by molar-refractivity contribution is -0.384. The van der Waals surface area contributed by atoms with Crippen LogP contribution in [0.5, 0.6) is 0 Å². The highest BCUT2D eigenvalue weighted by atomic mass is 79.9. The van der Waals surface area contributed by atoms with Crippen LogP contribution in [0.3, 0.4) is 0 Å². The Hall–Kier alpha value is -7.29. The van der Waals surface area contributed by atoms with Crippen molar-refractivity contribution in [1.82, 2.24) is 35.3 Å². The zero-order valence-electron chi connectivity index (χ0n) is 50.4. The van der Waals surface area contributed by atoms with E-state index >= 15 is 0 Å². The number of rotatable bonds is 9. The summed E-state index contributed by atoms with van der Waals surface area (Å²) in [5.74, 6) is 2.11. The Kier molecular flexibility index (Phi) is 15.9. The Balaban J connectivity index is 0.000000141. The summed E-state index contributed by atoms with van der Waals surface area (Å²) in [6.07, 6.45) is 21.5. The summed E-state index contributed by atoms with van der Waals surface area (Å²) >= 11 is 3.70. The number of urea groups is 1. The third kappa shape index (κ3) is 10.2. The molecule has 6 amide bonds. The maximum Gasteiger partial charge on any atom is 0.344 e. The predicted octanol–water partition coefficient (Wildman–Crippen LogP) is 8.43. The van der Waals surface area contributed by atoms with E-state index in [4.69, 9.17) is 15.6 Å². The molecule has 3 saturated carbocycles. The standard InChI is InChI=1S/C32H40BrN5O5.C20H26O2.C14H10N4O5/c1-16(2)12-24-29(40)37-11-7-10-25(37)32(42)38(24)30(41)31(43-32,17(3)4)35-28(39)18-13-20-19-8-6-9-22-26(19)21(27(33)34-22)14-23(20)36(5)15-18;1-3-20(22)11-9-18-17-6-4-13-12-14(21)5-7-15(13)16(17)8-10-19(18,20)2;19-13-8-17(14(20)16-13)15-7-11-5-6-12(23-11)9-1-3-10(4-2-9)18(21)22/h6,8-9,13,16-18,23-25,34,42H,7,10-12,14-15H2,1-5H3,(H,35,39);1,12,15-18,22H,4-11H2,2H3;1-7H,8H2,(H,16,19,20)/t18-,23-,24+,25+,31-,32+;15-,16+,17+,18-,19-,20-;/m10./s1. The Morgan fingerprint density at radius 2 is 1.77 bits per heavy atom. The van der Waals surface area contributed by atoms with Gasteiger partial charge in [0.05, 0.1) is 21.7 Å². The molecule has 22 heteroatoms. The molecule has 0 spiro atoms. The molecule has 5 aliphatic heterocycles. The third-order valence-corrected chi connectivity index (χ3v) is 21.7. The first kappa shape index (κ1) is 61.0. The van der Waals surface area contributed by atoms with E-state index in [2.05, 4.69) is 66.5 Å². The molecule has 464 valence electrons. The molecule has 4 aromatic rings. The molecule has 2 aromatic carbocycles. The van der Waals surface area contributed by atoms with Crippen molar-refractivity contribution in [2.45, 2.75) is 147 Å². The minimum absolute atomic E-state index is 0.00759. The Bertz CT molecular complexity index is 3680. The number of amides is 6. The normalized spacial score (nSPS) is 32.9. The summed E-state index contributed by atoms with van der Waals surface area (Å²) < 4.78 is 13.0. The van der Waals surface area contributed by atoms with Gasteiger partial charge in [0.25, 0.3) is 17.5 Å². The van der Waals surface area contributed by atoms with Crippen molar-refractivity contribution in [3.63, 3.8) is 0 Å². The molecule has 21 nitrogen and oxygen atoms in total. The number of hydrazone groups is 1. The smallest absolute Gasteiger partial charge is 0.344 e. The van der Waals surface area contributed by atoms with Gasteiger partial charge in [-0.1, -0.05) is 64.3 Å².